The second-order valence-corrected chi connectivity index (χ2v) is 6.29. The number of para-hydroxylation sites is 1. The van der Waals surface area contributed by atoms with Crippen LogP contribution in [0.4, 0.5) is 5.13 Å². The lowest BCUT2D eigenvalue weighted by molar-refractivity contribution is 0.102. The van der Waals surface area contributed by atoms with Crippen LogP contribution in [0, 0.1) is 5.92 Å². The van der Waals surface area contributed by atoms with E-state index in [2.05, 4.69) is 17.2 Å². The number of amides is 1. The molecule has 0 fully saturated rings. The maximum absolute atomic E-state index is 12.1. The Morgan fingerprint density at radius 2 is 2.25 bits per heavy atom. The van der Waals surface area contributed by atoms with Crippen LogP contribution in [0.3, 0.4) is 0 Å². The van der Waals surface area contributed by atoms with Crippen molar-refractivity contribution < 1.29 is 9.90 Å². The molecule has 4 nitrogen and oxygen atoms in total. The number of thiazole rings is 1. The number of hydrogen-bond donors (Lipinski definition) is 2. The molecule has 0 bridgehead atoms. The van der Waals surface area contributed by atoms with Gasteiger partial charge in [-0.3, -0.25) is 10.1 Å². The van der Waals surface area contributed by atoms with E-state index in [9.17, 15) is 9.90 Å². The molecule has 0 saturated carbocycles. The van der Waals surface area contributed by atoms with Crippen molar-refractivity contribution in [3.63, 3.8) is 0 Å². The molecule has 1 aromatic carbocycles. The summed E-state index contributed by atoms with van der Waals surface area (Å²) in [5.41, 5.74) is 1.38. The average Bonchev–Trinajstić information content (AvgIpc) is 2.80. The fraction of sp³-hybridized carbons (Fsp3) is 0.333. The van der Waals surface area contributed by atoms with Gasteiger partial charge in [0.25, 0.3) is 5.91 Å². The summed E-state index contributed by atoms with van der Waals surface area (Å²) in [4.78, 5) is 17.9. The van der Waals surface area contributed by atoms with Gasteiger partial charge < -0.3 is 5.11 Å². The van der Waals surface area contributed by atoms with Gasteiger partial charge in [-0.25, -0.2) is 4.98 Å². The van der Waals surface area contributed by atoms with E-state index in [1.807, 2.05) is 0 Å². The fourth-order valence-corrected chi connectivity index (χ4v) is 3.59. The molecule has 2 N–H and O–H groups in total. The van der Waals surface area contributed by atoms with E-state index >= 15 is 0 Å². The van der Waals surface area contributed by atoms with Crippen LogP contribution < -0.4 is 5.32 Å². The van der Waals surface area contributed by atoms with E-state index in [0.717, 1.165) is 25.0 Å². The first-order chi connectivity index (χ1) is 9.63. The number of nitrogens with one attached hydrogen (secondary N) is 1. The molecule has 1 aliphatic carbocycles. The van der Waals surface area contributed by atoms with Crippen molar-refractivity contribution in [2.75, 3.05) is 5.32 Å². The van der Waals surface area contributed by atoms with Crippen LogP contribution in [0.15, 0.2) is 24.3 Å². The van der Waals surface area contributed by atoms with Gasteiger partial charge in [0.15, 0.2) is 5.13 Å². The van der Waals surface area contributed by atoms with E-state index in [1.165, 1.54) is 10.9 Å². The maximum Gasteiger partial charge on any atom is 0.261 e. The molecule has 1 atom stereocenters. The molecule has 5 heteroatoms. The third-order valence-electron chi connectivity index (χ3n) is 3.56. The molecule has 104 valence electrons. The molecular weight excluding hydrogens is 272 g/mol. The Kier molecular flexibility index (Phi) is 3.44. The van der Waals surface area contributed by atoms with E-state index < -0.39 is 0 Å². The zero-order valence-corrected chi connectivity index (χ0v) is 12.0. The van der Waals surface area contributed by atoms with Gasteiger partial charge in [0.05, 0.1) is 11.3 Å². The topological polar surface area (TPSA) is 62.2 Å². The predicted octanol–water partition coefficient (Wildman–Crippen LogP) is 3.23. The summed E-state index contributed by atoms with van der Waals surface area (Å²) in [6.07, 6.45) is 3.18. The number of fused-ring (bicyclic) bond motifs is 1. The van der Waals surface area contributed by atoms with Crippen LogP contribution >= 0.6 is 11.3 Å². The summed E-state index contributed by atoms with van der Waals surface area (Å²) >= 11 is 1.54. The number of anilines is 1. The number of carbonyl (C=O) groups is 1. The summed E-state index contributed by atoms with van der Waals surface area (Å²) in [5.74, 6) is 0.354. The Morgan fingerprint density at radius 1 is 1.45 bits per heavy atom. The van der Waals surface area contributed by atoms with Crippen molar-refractivity contribution in [2.24, 2.45) is 5.92 Å². The lowest BCUT2D eigenvalue weighted by Crippen LogP contribution is -2.12. The van der Waals surface area contributed by atoms with Crippen molar-refractivity contribution in [3.8, 4) is 5.75 Å². The summed E-state index contributed by atoms with van der Waals surface area (Å²) in [7, 11) is 0. The van der Waals surface area contributed by atoms with Gasteiger partial charge in [0.1, 0.15) is 5.75 Å². The van der Waals surface area contributed by atoms with Crippen molar-refractivity contribution >= 4 is 22.4 Å². The number of aromatic nitrogens is 1. The molecule has 3 rings (SSSR count). The summed E-state index contributed by atoms with van der Waals surface area (Å²) in [6.45, 7) is 2.24. The molecular formula is C15H16N2O2S. The summed E-state index contributed by atoms with van der Waals surface area (Å²) in [5, 5.41) is 13.1. The van der Waals surface area contributed by atoms with Crippen molar-refractivity contribution in [1.29, 1.82) is 0 Å². The Labute approximate surface area is 121 Å². The minimum Gasteiger partial charge on any atom is -0.507 e. The third kappa shape index (κ3) is 2.54. The Balaban J connectivity index is 1.79. The highest BCUT2D eigenvalue weighted by Gasteiger charge is 2.21. The van der Waals surface area contributed by atoms with Crippen LogP contribution in [0.25, 0.3) is 0 Å². The lowest BCUT2D eigenvalue weighted by atomic mass is 9.93. The van der Waals surface area contributed by atoms with E-state index in [-0.39, 0.29) is 17.2 Å². The maximum atomic E-state index is 12.1. The monoisotopic (exact) mass is 288 g/mol. The smallest absolute Gasteiger partial charge is 0.261 e. The predicted molar refractivity (Wildman–Crippen MR) is 79.4 cm³/mol. The van der Waals surface area contributed by atoms with Crippen LogP contribution in [0.5, 0.6) is 5.75 Å². The number of rotatable bonds is 2. The standard InChI is InChI=1S/C15H16N2O2S/c1-9-6-7-11-13(8-9)20-15(16-11)17-14(19)10-4-2-3-5-12(10)18/h2-5,9,18H,6-8H2,1H3,(H,16,17,19). The number of phenols is 1. The molecule has 1 heterocycles. The van der Waals surface area contributed by atoms with Crippen LogP contribution in [-0.4, -0.2) is 16.0 Å². The molecule has 1 aliphatic rings. The highest BCUT2D eigenvalue weighted by molar-refractivity contribution is 7.15. The second-order valence-electron chi connectivity index (χ2n) is 5.21. The normalized spacial score (nSPS) is 17.6. The van der Waals surface area contributed by atoms with Crippen molar-refractivity contribution in [2.45, 2.75) is 26.2 Å². The zero-order chi connectivity index (χ0) is 14.1. The van der Waals surface area contributed by atoms with E-state index in [0.29, 0.717) is 11.0 Å². The molecule has 1 aromatic heterocycles. The average molecular weight is 288 g/mol. The van der Waals surface area contributed by atoms with E-state index in [4.69, 9.17) is 0 Å². The SMILES string of the molecule is CC1CCc2nc(NC(=O)c3ccccc3O)sc2C1. The van der Waals surface area contributed by atoms with Gasteiger partial charge in [-0.1, -0.05) is 19.1 Å². The molecule has 1 amide bonds. The summed E-state index contributed by atoms with van der Waals surface area (Å²) < 4.78 is 0. The van der Waals surface area contributed by atoms with Crippen LogP contribution in [-0.2, 0) is 12.8 Å². The quantitative estimate of drug-likeness (QED) is 0.892. The number of hydrogen-bond acceptors (Lipinski definition) is 4. The second kappa shape index (κ2) is 5.25. The first-order valence-corrected chi connectivity index (χ1v) is 7.53. The number of aromatic hydroxyl groups is 1. The molecule has 1 unspecified atom stereocenters. The summed E-state index contributed by atoms with van der Waals surface area (Å²) in [6, 6.07) is 6.52. The largest absolute Gasteiger partial charge is 0.507 e. The number of benzene rings is 1. The van der Waals surface area contributed by atoms with Gasteiger partial charge in [0, 0.05) is 4.88 Å². The zero-order valence-electron chi connectivity index (χ0n) is 11.2. The van der Waals surface area contributed by atoms with E-state index in [1.54, 1.807) is 29.5 Å². The van der Waals surface area contributed by atoms with Crippen LogP contribution in [0.2, 0.25) is 0 Å². The van der Waals surface area contributed by atoms with Gasteiger partial charge >= 0.3 is 0 Å². The molecule has 0 spiro atoms. The minimum absolute atomic E-state index is 0.0139. The molecule has 0 saturated heterocycles. The Bertz CT molecular complexity index is 651. The highest BCUT2D eigenvalue weighted by atomic mass is 32.1. The first-order valence-electron chi connectivity index (χ1n) is 6.71. The Morgan fingerprint density at radius 3 is 3.05 bits per heavy atom. The lowest BCUT2D eigenvalue weighted by Gasteiger charge is -2.15. The molecule has 0 aliphatic heterocycles. The number of nitrogens with zero attached hydrogens (tertiary/aromatic N) is 1. The number of carbonyl (C=O) groups excluding carboxylic acids is 1. The van der Waals surface area contributed by atoms with Gasteiger partial charge in [-0.15, -0.1) is 11.3 Å². The molecule has 20 heavy (non-hydrogen) atoms. The van der Waals surface area contributed by atoms with Crippen molar-refractivity contribution in [1.82, 2.24) is 4.98 Å². The molecule has 0 radical (unpaired) electrons. The van der Waals surface area contributed by atoms with Gasteiger partial charge in [-0.05, 0) is 37.3 Å². The third-order valence-corrected chi connectivity index (χ3v) is 4.59. The highest BCUT2D eigenvalue weighted by Crippen LogP contribution is 2.32. The number of aryl methyl sites for hydroxylation is 1. The molecule has 2 aromatic rings. The number of phenolic OH excluding ortho intramolecular Hbond substituents is 1. The Hall–Kier alpha value is -1.88. The minimum atomic E-state index is -0.317. The fourth-order valence-electron chi connectivity index (χ4n) is 2.42. The van der Waals surface area contributed by atoms with Gasteiger partial charge in [0.2, 0.25) is 0 Å². The van der Waals surface area contributed by atoms with Crippen LogP contribution in [0.1, 0.15) is 34.3 Å². The van der Waals surface area contributed by atoms with Crippen molar-refractivity contribution in [3.05, 3.63) is 40.4 Å². The first kappa shape index (κ1) is 13.1. The van der Waals surface area contributed by atoms with Gasteiger partial charge in [-0.2, -0.15) is 0 Å².